The molecule has 154 valence electrons. The Kier molecular flexibility index (Phi) is 6.34. The SMILES string of the molecule is CCc1ccc(NC(=O)C2CCN(S(=O)(=O)c3ccccc3C(N)=O)CC2)cc1. The van der Waals surface area contributed by atoms with Crippen LogP contribution in [-0.2, 0) is 21.2 Å². The van der Waals surface area contributed by atoms with Crippen molar-refractivity contribution in [2.45, 2.75) is 31.1 Å². The smallest absolute Gasteiger partial charge is 0.250 e. The lowest BCUT2D eigenvalue weighted by Gasteiger charge is -2.31. The van der Waals surface area contributed by atoms with E-state index in [0.717, 1.165) is 12.1 Å². The van der Waals surface area contributed by atoms with Crippen molar-refractivity contribution >= 4 is 27.5 Å². The van der Waals surface area contributed by atoms with Crippen LogP contribution < -0.4 is 11.1 Å². The molecule has 8 heteroatoms. The maximum absolute atomic E-state index is 13.0. The Morgan fingerprint density at radius 3 is 2.28 bits per heavy atom. The molecule has 1 aliphatic rings. The zero-order chi connectivity index (χ0) is 21.0. The quantitative estimate of drug-likeness (QED) is 0.755. The molecule has 0 aliphatic carbocycles. The lowest BCUT2D eigenvalue weighted by atomic mass is 9.97. The Labute approximate surface area is 171 Å². The van der Waals surface area contributed by atoms with Crippen LogP contribution in [0.3, 0.4) is 0 Å². The minimum Gasteiger partial charge on any atom is -0.366 e. The van der Waals surface area contributed by atoms with Crippen LogP contribution in [0.15, 0.2) is 53.4 Å². The minimum atomic E-state index is -3.85. The summed E-state index contributed by atoms with van der Waals surface area (Å²) in [6.45, 7) is 2.49. The van der Waals surface area contributed by atoms with Gasteiger partial charge in [-0.05, 0) is 49.1 Å². The second kappa shape index (κ2) is 8.75. The van der Waals surface area contributed by atoms with E-state index in [9.17, 15) is 18.0 Å². The number of piperidine rings is 1. The van der Waals surface area contributed by atoms with Crippen LogP contribution in [0.1, 0.15) is 35.7 Å². The number of anilines is 1. The van der Waals surface area contributed by atoms with Crippen molar-refractivity contribution in [3.8, 4) is 0 Å². The van der Waals surface area contributed by atoms with E-state index in [4.69, 9.17) is 5.73 Å². The number of rotatable bonds is 6. The fourth-order valence-corrected chi connectivity index (χ4v) is 5.13. The highest BCUT2D eigenvalue weighted by Crippen LogP contribution is 2.26. The van der Waals surface area contributed by atoms with Gasteiger partial charge in [0.05, 0.1) is 10.5 Å². The normalized spacial score (nSPS) is 15.8. The minimum absolute atomic E-state index is 0.0251. The van der Waals surface area contributed by atoms with Crippen LogP contribution in [0.5, 0.6) is 0 Å². The number of hydrogen-bond acceptors (Lipinski definition) is 4. The molecule has 0 saturated carbocycles. The van der Waals surface area contributed by atoms with Gasteiger partial charge >= 0.3 is 0 Å². The second-order valence-electron chi connectivity index (χ2n) is 7.08. The van der Waals surface area contributed by atoms with Gasteiger partial charge in [0, 0.05) is 24.7 Å². The Morgan fingerprint density at radius 1 is 1.07 bits per heavy atom. The van der Waals surface area contributed by atoms with Crippen molar-refractivity contribution in [3.63, 3.8) is 0 Å². The highest BCUT2D eigenvalue weighted by molar-refractivity contribution is 7.89. The molecule has 0 atom stereocenters. The average Bonchev–Trinajstić information content (AvgIpc) is 2.74. The standard InChI is InChI=1S/C21H25N3O4S/c1-2-15-7-9-17(10-8-15)23-21(26)16-11-13-24(14-12-16)29(27,28)19-6-4-3-5-18(19)20(22)25/h3-10,16H,2,11-14H2,1H3,(H2,22,25)(H,23,26). The average molecular weight is 416 g/mol. The monoisotopic (exact) mass is 415 g/mol. The van der Waals surface area contributed by atoms with Gasteiger partial charge in [-0.25, -0.2) is 8.42 Å². The summed E-state index contributed by atoms with van der Waals surface area (Å²) in [5, 5.41) is 2.90. The fourth-order valence-electron chi connectivity index (χ4n) is 3.46. The zero-order valence-electron chi connectivity index (χ0n) is 16.3. The number of nitrogens with two attached hydrogens (primary N) is 1. The number of benzene rings is 2. The molecule has 0 aromatic heterocycles. The molecular weight excluding hydrogens is 390 g/mol. The van der Waals surface area contributed by atoms with E-state index in [1.54, 1.807) is 12.1 Å². The van der Waals surface area contributed by atoms with Gasteiger partial charge in [0.25, 0.3) is 0 Å². The lowest BCUT2D eigenvalue weighted by Crippen LogP contribution is -2.41. The second-order valence-corrected chi connectivity index (χ2v) is 8.98. The molecule has 1 aliphatic heterocycles. The van der Waals surface area contributed by atoms with Gasteiger partial charge in [0.15, 0.2) is 0 Å². The molecular formula is C21H25N3O4S. The maximum Gasteiger partial charge on any atom is 0.250 e. The van der Waals surface area contributed by atoms with Crippen molar-refractivity contribution in [3.05, 3.63) is 59.7 Å². The highest BCUT2D eigenvalue weighted by atomic mass is 32.2. The molecule has 0 bridgehead atoms. The number of carbonyl (C=O) groups excluding carboxylic acids is 2. The summed E-state index contributed by atoms with van der Waals surface area (Å²) in [5.74, 6) is -1.16. The summed E-state index contributed by atoms with van der Waals surface area (Å²) in [4.78, 5) is 24.1. The highest BCUT2D eigenvalue weighted by Gasteiger charge is 2.33. The first-order valence-electron chi connectivity index (χ1n) is 9.61. The fraction of sp³-hybridized carbons (Fsp3) is 0.333. The molecule has 3 N–H and O–H groups in total. The molecule has 3 rings (SSSR count). The van der Waals surface area contributed by atoms with E-state index >= 15 is 0 Å². The molecule has 1 saturated heterocycles. The van der Waals surface area contributed by atoms with E-state index in [1.165, 1.54) is 22.0 Å². The van der Waals surface area contributed by atoms with Crippen LogP contribution in [-0.4, -0.2) is 37.6 Å². The molecule has 2 amide bonds. The first-order valence-corrected chi connectivity index (χ1v) is 11.1. The van der Waals surface area contributed by atoms with Gasteiger partial charge in [-0.15, -0.1) is 0 Å². The van der Waals surface area contributed by atoms with Gasteiger partial charge in [-0.1, -0.05) is 31.2 Å². The van der Waals surface area contributed by atoms with Crippen molar-refractivity contribution in [2.24, 2.45) is 11.7 Å². The van der Waals surface area contributed by atoms with Crippen molar-refractivity contribution in [1.82, 2.24) is 4.31 Å². The molecule has 1 fully saturated rings. The number of hydrogen-bond donors (Lipinski definition) is 2. The van der Waals surface area contributed by atoms with Gasteiger partial charge in [-0.2, -0.15) is 4.31 Å². The topological polar surface area (TPSA) is 110 Å². The third kappa shape index (κ3) is 4.65. The number of primary amides is 1. The molecule has 29 heavy (non-hydrogen) atoms. The number of aryl methyl sites for hydroxylation is 1. The Bertz CT molecular complexity index is 995. The molecule has 7 nitrogen and oxygen atoms in total. The molecule has 2 aromatic carbocycles. The van der Waals surface area contributed by atoms with Gasteiger partial charge in [0.1, 0.15) is 0 Å². The summed E-state index contributed by atoms with van der Waals surface area (Å²) in [7, 11) is -3.85. The van der Waals surface area contributed by atoms with Gasteiger partial charge in [-0.3, -0.25) is 9.59 Å². The van der Waals surface area contributed by atoms with Crippen LogP contribution in [0.4, 0.5) is 5.69 Å². The lowest BCUT2D eigenvalue weighted by molar-refractivity contribution is -0.120. The maximum atomic E-state index is 13.0. The van der Waals surface area contributed by atoms with Crippen LogP contribution in [0.2, 0.25) is 0 Å². The van der Waals surface area contributed by atoms with E-state index in [-0.39, 0.29) is 35.4 Å². The molecule has 2 aromatic rings. The number of nitrogens with zero attached hydrogens (tertiary/aromatic N) is 1. The third-order valence-corrected chi connectivity index (χ3v) is 7.18. The summed E-state index contributed by atoms with van der Waals surface area (Å²) in [6.07, 6.45) is 1.76. The van der Waals surface area contributed by atoms with E-state index < -0.39 is 15.9 Å². The summed E-state index contributed by atoms with van der Waals surface area (Å²) in [5.41, 5.74) is 7.22. The van der Waals surface area contributed by atoms with E-state index in [0.29, 0.717) is 12.8 Å². The molecule has 0 unspecified atom stereocenters. The van der Waals surface area contributed by atoms with Crippen LogP contribution in [0.25, 0.3) is 0 Å². The van der Waals surface area contributed by atoms with Crippen LogP contribution >= 0.6 is 0 Å². The number of nitrogens with one attached hydrogen (secondary N) is 1. The predicted octanol–water partition coefficient (Wildman–Crippen LogP) is 2.39. The zero-order valence-corrected chi connectivity index (χ0v) is 17.1. The molecule has 0 spiro atoms. The first kappa shape index (κ1) is 21.0. The van der Waals surface area contributed by atoms with E-state index in [2.05, 4.69) is 12.2 Å². The van der Waals surface area contributed by atoms with E-state index in [1.807, 2.05) is 24.3 Å². The molecule has 1 heterocycles. The summed E-state index contributed by atoms with van der Waals surface area (Å²) >= 11 is 0. The predicted molar refractivity (Wildman–Crippen MR) is 111 cm³/mol. The number of carbonyl (C=O) groups is 2. The molecule has 0 radical (unpaired) electrons. The van der Waals surface area contributed by atoms with Crippen molar-refractivity contribution < 1.29 is 18.0 Å². The largest absolute Gasteiger partial charge is 0.366 e. The first-order chi connectivity index (χ1) is 13.8. The number of sulfonamides is 1. The van der Waals surface area contributed by atoms with Crippen LogP contribution in [0, 0.1) is 5.92 Å². The Morgan fingerprint density at radius 2 is 1.69 bits per heavy atom. The summed E-state index contributed by atoms with van der Waals surface area (Å²) < 4.78 is 27.2. The van der Waals surface area contributed by atoms with Gasteiger partial charge < -0.3 is 11.1 Å². The summed E-state index contributed by atoms with van der Waals surface area (Å²) in [6, 6.07) is 13.6. The Hall–Kier alpha value is -2.71. The van der Waals surface area contributed by atoms with Crippen molar-refractivity contribution in [1.29, 1.82) is 0 Å². The van der Waals surface area contributed by atoms with Crippen molar-refractivity contribution in [2.75, 3.05) is 18.4 Å². The van der Waals surface area contributed by atoms with Gasteiger partial charge in [0.2, 0.25) is 21.8 Å². The number of amides is 2. The Balaban J connectivity index is 1.65. The third-order valence-electron chi connectivity index (χ3n) is 5.22.